The zero-order valence-corrected chi connectivity index (χ0v) is 11.0. The summed E-state index contributed by atoms with van der Waals surface area (Å²) in [7, 11) is -3.30. The first-order chi connectivity index (χ1) is 5.95. The normalized spacial score (nSPS) is 10.1. The Bertz CT molecular complexity index is 422. The lowest BCUT2D eigenvalue weighted by Gasteiger charge is -2.04. The van der Waals surface area contributed by atoms with E-state index in [1.54, 1.807) is 0 Å². The molecule has 0 saturated carbocycles. The van der Waals surface area contributed by atoms with Gasteiger partial charge in [-0.15, -0.1) is 24.8 Å². The summed E-state index contributed by atoms with van der Waals surface area (Å²) >= 11 is 5.61. The van der Waals surface area contributed by atoms with Gasteiger partial charge in [0.1, 0.15) is 0 Å². The zero-order valence-electron chi connectivity index (χ0n) is 7.81. The molecule has 0 radical (unpaired) electrons. The molecule has 15 heavy (non-hydrogen) atoms. The molecule has 0 atom stereocenters. The summed E-state index contributed by atoms with van der Waals surface area (Å²) in [5.74, 6) is 0. The van der Waals surface area contributed by atoms with Gasteiger partial charge < -0.3 is 5.73 Å². The van der Waals surface area contributed by atoms with Gasteiger partial charge in [0.05, 0.1) is 15.6 Å². The number of aromatic nitrogens is 1. The third kappa shape index (κ3) is 4.53. The van der Waals surface area contributed by atoms with Crippen molar-refractivity contribution in [1.29, 1.82) is 0 Å². The topological polar surface area (TPSA) is 73.0 Å². The second-order valence-electron chi connectivity index (χ2n) is 2.57. The molecule has 1 aromatic heterocycles. The van der Waals surface area contributed by atoms with E-state index in [0.29, 0.717) is 5.69 Å². The zero-order chi connectivity index (χ0) is 10.1. The SMILES string of the molecule is CS(=O)(=O)c1cc(Cl)cnc1CN.Cl.Cl. The fourth-order valence-corrected chi connectivity index (χ4v) is 2.05. The summed E-state index contributed by atoms with van der Waals surface area (Å²) in [6.45, 7) is 0.0829. The number of nitrogens with zero attached hydrogens (tertiary/aromatic N) is 1. The molecule has 1 aromatic rings. The third-order valence-corrected chi connectivity index (χ3v) is 2.85. The first-order valence-corrected chi connectivity index (χ1v) is 5.76. The van der Waals surface area contributed by atoms with Gasteiger partial charge in [0, 0.05) is 19.0 Å². The molecule has 0 unspecified atom stereocenters. The van der Waals surface area contributed by atoms with E-state index in [-0.39, 0.29) is 41.3 Å². The highest BCUT2D eigenvalue weighted by molar-refractivity contribution is 7.90. The van der Waals surface area contributed by atoms with Gasteiger partial charge in [-0.05, 0) is 6.07 Å². The van der Waals surface area contributed by atoms with Crippen LogP contribution >= 0.6 is 36.4 Å². The molecule has 0 aliphatic carbocycles. The van der Waals surface area contributed by atoms with Crippen molar-refractivity contribution in [3.63, 3.8) is 0 Å². The van der Waals surface area contributed by atoms with E-state index in [0.717, 1.165) is 6.26 Å². The fourth-order valence-electron chi connectivity index (χ4n) is 0.923. The molecular formula is C7H11Cl3N2O2S. The van der Waals surface area contributed by atoms with E-state index in [4.69, 9.17) is 17.3 Å². The first-order valence-electron chi connectivity index (χ1n) is 3.49. The van der Waals surface area contributed by atoms with Crippen LogP contribution in [0.1, 0.15) is 5.69 Å². The van der Waals surface area contributed by atoms with Crippen LogP contribution < -0.4 is 5.73 Å². The van der Waals surface area contributed by atoms with Gasteiger partial charge in [-0.2, -0.15) is 0 Å². The van der Waals surface area contributed by atoms with Crippen LogP contribution in [0.2, 0.25) is 5.02 Å². The van der Waals surface area contributed by atoms with E-state index in [1.807, 2.05) is 0 Å². The Morgan fingerprint density at radius 1 is 1.47 bits per heavy atom. The second kappa shape index (κ2) is 6.50. The Labute approximate surface area is 106 Å². The molecule has 0 saturated heterocycles. The molecule has 2 N–H and O–H groups in total. The van der Waals surface area contributed by atoms with Gasteiger partial charge in [0.2, 0.25) is 0 Å². The average molecular weight is 294 g/mol. The maximum atomic E-state index is 11.2. The number of pyridine rings is 1. The predicted octanol–water partition coefficient (Wildman–Crippen LogP) is 1.44. The Morgan fingerprint density at radius 2 is 2.00 bits per heavy atom. The van der Waals surface area contributed by atoms with E-state index in [9.17, 15) is 8.42 Å². The molecule has 0 fully saturated rings. The number of rotatable bonds is 2. The molecule has 0 aliphatic heterocycles. The van der Waals surface area contributed by atoms with Crippen LogP contribution in [-0.4, -0.2) is 19.7 Å². The van der Waals surface area contributed by atoms with E-state index in [1.165, 1.54) is 12.3 Å². The minimum atomic E-state index is -3.30. The van der Waals surface area contributed by atoms with Gasteiger partial charge in [0.25, 0.3) is 0 Å². The quantitative estimate of drug-likeness (QED) is 0.895. The number of hydrogen-bond donors (Lipinski definition) is 1. The fraction of sp³-hybridized carbons (Fsp3) is 0.286. The number of halogens is 3. The summed E-state index contributed by atoms with van der Waals surface area (Å²) in [6.07, 6.45) is 2.47. The van der Waals surface area contributed by atoms with E-state index < -0.39 is 9.84 Å². The molecule has 0 aromatic carbocycles. The first kappa shape index (κ1) is 17.3. The van der Waals surface area contributed by atoms with Gasteiger partial charge in [0.15, 0.2) is 9.84 Å². The van der Waals surface area contributed by atoms with E-state index in [2.05, 4.69) is 4.98 Å². The highest BCUT2D eigenvalue weighted by Gasteiger charge is 2.13. The summed E-state index contributed by atoms with van der Waals surface area (Å²) in [5, 5.41) is 0.289. The van der Waals surface area contributed by atoms with Crippen LogP contribution in [0.3, 0.4) is 0 Å². The maximum Gasteiger partial charge on any atom is 0.177 e. The molecule has 88 valence electrons. The Balaban J connectivity index is 0. The summed E-state index contributed by atoms with van der Waals surface area (Å²) < 4.78 is 22.4. The average Bonchev–Trinajstić information content (AvgIpc) is 2.03. The Kier molecular flexibility index (Phi) is 7.51. The van der Waals surface area contributed by atoms with Crippen molar-refractivity contribution in [2.45, 2.75) is 11.4 Å². The van der Waals surface area contributed by atoms with Crippen molar-refractivity contribution >= 4 is 46.3 Å². The molecule has 1 heterocycles. The van der Waals surface area contributed by atoms with Crippen LogP contribution in [0.25, 0.3) is 0 Å². The summed E-state index contributed by atoms with van der Waals surface area (Å²) in [6, 6.07) is 1.35. The largest absolute Gasteiger partial charge is 0.325 e. The molecule has 4 nitrogen and oxygen atoms in total. The summed E-state index contributed by atoms with van der Waals surface area (Å²) in [4.78, 5) is 3.93. The van der Waals surface area contributed by atoms with Crippen molar-refractivity contribution in [3.8, 4) is 0 Å². The van der Waals surface area contributed by atoms with Crippen molar-refractivity contribution in [1.82, 2.24) is 4.98 Å². The molecule has 0 aliphatic rings. The highest BCUT2D eigenvalue weighted by atomic mass is 35.5. The van der Waals surface area contributed by atoms with Gasteiger partial charge in [-0.25, -0.2) is 8.42 Å². The lowest BCUT2D eigenvalue weighted by Crippen LogP contribution is -2.08. The molecular weight excluding hydrogens is 283 g/mol. The minimum absolute atomic E-state index is 0. The Morgan fingerprint density at radius 3 is 2.40 bits per heavy atom. The lowest BCUT2D eigenvalue weighted by atomic mass is 10.3. The predicted molar refractivity (Wildman–Crippen MR) is 64.7 cm³/mol. The molecule has 1 rings (SSSR count). The molecule has 0 spiro atoms. The standard InChI is InChI=1S/C7H9ClN2O2S.2ClH/c1-13(11,12)7-2-5(8)4-10-6(7)3-9;;/h2,4H,3,9H2,1H3;2*1H. The van der Waals surface area contributed by atoms with Crippen molar-refractivity contribution in [3.05, 3.63) is 23.0 Å². The summed E-state index contributed by atoms with van der Waals surface area (Å²) in [5.41, 5.74) is 5.67. The van der Waals surface area contributed by atoms with E-state index >= 15 is 0 Å². The second-order valence-corrected chi connectivity index (χ2v) is 5.00. The highest BCUT2D eigenvalue weighted by Crippen LogP contribution is 2.17. The van der Waals surface area contributed by atoms with Gasteiger partial charge in [-0.1, -0.05) is 11.6 Å². The Hall–Kier alpha value is -0.0700. The lowest BCUT2D eigenvalue weighted by molar-refractivity contribution is 0.600. The molecule has 0 amide bonds. The number of sulfone groups is 1. The molecule has 0 bridgehead atoms. The van der Waals surface area contributed by atoms with Crippen LogP contribution in [0.5, 0.6) is 0 Å². The minimum Gasteiger partial charge on any atom is -0.325 e. The molecule has 8 heteroatoms. The van der Waals surface area contributed by atoms with Crippen LogP contribution in [-0.2, 0) is 16.4 Å². The number of nitrogens with two attached hydrogens (primary N) is 1. The van der Waals surface area contributed by atoms with Gasteiger partial charge >= 0.3 is 0 Å². The monoisotopic (exact) mass is 292 g/mol. The van der Waals surface area contributed by atoms with Crippen molar-refractivity contribution in [2.24, 2.45) is 5.73 Å². The van der Waals surface area contributed by atoms with Crippen molar-refractivity contribution in [2.75, 3.05) is 6.26 Å². The smallest absolute Gasteiger partial charge is 0.177 e. The number of hydrogen-bond acceptors (Lipinski definition) is 4. The van der Waals surface area contributed by atoms with Crippen molar-refractivity contribution < 1.29 is 8.42 Å². The van der Waals surface area contributed by atoms with Crippen LogP contribution in [0.15, 0.2) is 17.2 Å². The van der Waals surface area contributed by atoms with Crippen LogP contribution in [0.4, 0.5) is 0 Å². The maximum absolute atomic E-state index is 11.2. The van der Waals surface area contributed by atoms with Gasteiger partial charge in [-0.3, -0.25) is 4.98 Å². The third-order valence-electron chi connectivity index (χ3n) is 1.49. The van der Waals surface area contributed by atoms with Crippen LogP contribution in [0, 0.1) is 0 Å².